The van der Waals surface area contributed by atoms with Crippen LogP contribution in [0.4, 0.5) is 5.69 Å². The van der Waals surface area contributed by atoms with Crippen molar-refractivity contribution in [1.82, 2.24) is 4.31 Å². The monoisotopic (exact) mass is 294 g/mol. The van der Waals surface area contributed by atoms with Crippen LogP contribution in [0.3, 0.4) is 0 Å². The van der Waals surface area contributed by atoms with Gasteiger partial charge in [-0.15, -0.1) is 0 Å². The molecular formula is C15H22N2O2S. The fourth-order valence-electron chi connectivity index (χ4n) is 2.61. The van der Waals surface area contributed by atoms with E-state index in [1.807, 2.05) is 19.9 Å². The molecule has 0 unspecified atom stereocenters. The quantitative estimate of drug-likeness (QED) is 0.848. The minimum atomic E-state index is -3.42. The number of aryl methyl sites for hydroxylation is 1. The van der Waals surface area contributed by atoms with Gasteiger partial charge in [-0.2, -0.15) is 4.31 Å². The van der Waals surface area contributed by atoms with Crippen molar-refractivity contribution >= 4 is 15.7 Å². The highest BCUT2D eigenvalue weighted by Crippen LogP contribution is 2.39. The Morgan fingerprint density at radius 3 is 2.40 bits per heavy atom. The van der Waals surface area contributed by atoms with Crippen LogP contribution in [0.15, 0.2) is 17.0 Å². The second kappa shape index (κ2) is 4.74. The Morgan fingerprint density at radius 1 is 1.20 bits per heavy atom. The van der Waals surface area contributed by atoms with Crippen LogP contribution in [-0.2, 0) is 10.0 Å². The van der Waals surface area contributed by atoms with Crippen LogP contribution in [0, 0.1) is 19.8 Å². The summed E-state index contributed by atoms with van der Waals surface area (Å²) in [5, 5.41) is 0. The van der Waals surface area contributed by atoms with E-state index in [2.05, 4.69) is 0 Å². The summed E-state index contributed by atoms with van der Waals surface area (Å²) in [6.07, 6.45) is 4.31. The lowest BCUT2D eigenvalue weighted by molar-refractivity contribution is 0.388. The van der Waals surface area contributed by atoms with E-state index in [0.717, 1.165) is 36.8 Å². The zero-order valence-electron chi connectivity index (χ0n) is 12.1. The molecule has 0 atom stereocenters. The van der Waals surface area contributed by atoms with Crippen molar-refractivity contribution in [3.8, 4) is 0 Å². The highest BCUT2D eigenvalue weighted by molar-refractivity contribution is 7.89. The molecule has 2 fully saturated rings. The Bertz CT molecular complexity index is 632. The van der Waals surface area contributed by atoms with Crippen LogP contribution in [0.25, 0.3) is 0 Å². The zero-order chi connectivity index (χ0) is 14.5. The summed E-state index contributed by atoms with van der Waals surface area (Å²) in [4.78, 5) is 0.391. The molecular weight excluding hydrogens is 272 g/mol. The highest BCUT2D eigenvalue weighted by Gasteiger charge is 2.41. The van der Waals surface area contributed by atoms with Crippen LogP contribution >= 0.6 is 0 Å². The number of sulfonamides is 1. The number of nitrogens with two attached hydrogens (primary N) is 1. The first kappa shape index (κ1) is 13.9. The van der Waals surface area contributed by atoms with E-state index in [1.54, 1.807) is 10.4 Å². The van der Waals surface area contributed by atoms with Crippen molar-refractivity contribution in [1.29, 1.82) is 0 Å². The number of hydrogen-bond acceptors (Lipinski definition) is 3. The molecule has 0 radical (unpaired) electrons. The molecule has 1 aromatic carbocycles. The van der Waals surface area contributed by atoms with Gasteiger partial charge in [-0.05, 0) is 68.7 Å². The highest BCUT2D eigenvalue weighted by atomic mass is 32.2. The molecule has 0 aromatic heterocycles. The van der Waals surface area contributed by atoms with E-state index in [9.17, 15) is 8.42 Å². The smallest absolute Gasteiger partial charge is 0.243 e. The topological polar surface area (TPSA) is 63.4 Å². The molecule has 20 heavy (non-hydrogen) atoms. The van der Waals surface area contributed by atoms with Gasteiger partial charge < -0.3 is 5.73 Å². The molecule has 0 spiro atoms. The van der Waals surface area contributed by atoms with E-state index in [-0.39, 0.29) is 6.04 Å². The average Bonchev–Trinajstić information content (AvgIpc) is 3.24. The fourth-order valence-corrected chi connectivity index (χ4v) is 4.70. The predicted octanol–water partition coefficient (Wildman–Crippen LogP) is 2.45. The van der Waals surface area contributed by atoms with Crippen molar-refractivity contribution in [3.63, 3.8) is 0 Å². The maximum atomic E-state index is 13.0. The van der Waals surface area contributed by atoms with E-state index < -0.39 is 10.0 Å². The van der Waals surface area contributed by atoms with Gasteiger partial charge in [-0.1, -0.05) is 0 Å². The Kier molecular flexibility index (Phi) is 3.29. The minimum absolute atomic E-state index is 0.210. The molecule has 5 heteroatoms. The molecule has 0 aliphatic heterocycles. The number of hydrogen-bond donors (Lipinski definition) is 1. The van der Waals surface area contributed by atoms with Gasteiger partial charge in [0.1, 0.15) is 0 Å². The predicted molar refractivity (Wildman–Crippen MR) is 80.0 cm³/mol. The van der Waals surface area contributed by atoms with Gasteiger partial charge in [0.05, 0.1) is 4.90 Å². The SMILES string of the molecule is Cc1cc(N)cc(S(=O)(=O)N(CC2CC2)C2CC2)c1C. The Morgan fingerprint density at radius 2 is 1.85 bits per heavy atom. The summed E-state index contributed by atoms with van der Waals surface area (Å²) in [6.45, 7) is 4.46. The van der Waals surface area contributed by atoms with Gasteiger partial charge in [0, 0.05) is 18.3 Å². The number of anilines is 1. The van der Waals surface area contributed by atoms with Gasteiger partial charge >= 0.3 is 0 Å². The maximum Gasteiger partial charge on any atom is 0.243 e. The molecule has 0 saturated heterocycles. The van der Waals surface area contributed by atoms with Crippen molar-refractivity contribution in [3.05, 3.63) is 23.3 Å². The third-order valence-electron chi connectivity index (χ3n) is 4.32. The second-order valence-corrected chi connectivity index (χ2v) is 8.07. The van der Waals surface area contributed by atoms with Crippen molar-refractivity contribution in [2.75, 3.05) is 12.3 Å². The minimum Gasteiger partial charge on any atom is -0.399 e. The van der Waals surface area contributed by atoms with Crippen molar-refractivity contribution in [2.24, 2.45) is 5.92 Å². The number of benzene rings is 1. The van der Waals surface area contributed by atoms with E-state index in [0.29, 0.717) is 23.0 Å². The maximum absolute atomic E-state index is 13.0. The number of nitrogen functional groups attached to an aromatic ring is 1. The summed E-state index contributed by atoms with van der Waals surface area (Å²) >= 11 is 0. The fraction of sp³-hybridized carbons (Fsp3) is 0.600. The lowest BCUT2D eigenvalue weighted by atomic mass is 10.1. The van der Waals surface area contributed by atoms with Crippen LogP contribution in [0.2, 0.25) is 0 Å². The number of nitrogens with zero attached hydrogens (tertiary/aromatic N) is 1. The van der Waals surface area contributed by atoms with Gasteiger partial charge in [0.15, 0.2) is 0 Å². The van der Waals surface area contributed by atoms with E-state index in [1.165, 1.54) is 0 Å². The van der Waals surface area contributed by atoms with Crippen LogP contribution in [0.1, 0.15) is 36.8 Å². The molecule has 1 aromatic rings. The van der Waals surface area contributed by atoms with Crippen molar-refractivity contribution in [2.45, 2.75) is 50.5 Å². The first-order chi connectivity index (χ1) is 9.39. The molecule has 2 N–H and O–H groups in total. The normalized spacial score (nSPS) is 19.6. The van der Waals surface area contributed by atoms with Crippen LogP contribution < -0.4 is 5.73 Å². The summed E-state index contributed by atoms with van der Waals surface area (Å²) in [6, 6.07) is 3.65. The summed E-state index contributed by atoms with van der Waals surface area (Å²) in [7, 11) is -3.42. The Balaban J connectivity index is 2.01. The first-order valence-corrected chi connectivity index (χ1v) is 8.72. The summed E-state index contributed by atoms with van der Waals surface area (Å²) < 4.78 is 27.7. The lowest BCUT2D eigenvalue weighted by Crippen LogP contribution is -2.35. The molecule has 2 saturated carbocycles. The van der Waals surface area contributed by atoms with E-state index in [4.69, 9.17) is 5.73 Å². The average molecular weight is 294 g/mol. The second-order valence-electron chi connectivity index (χ2n) is 6.21. The zero-order valence-corrected chi connectivity index (χ0v) is 12.9. The summed E-state index contributed by atoms with van der Waals surface area (Å²) in [5.74, 6) is 0.563. The van der Waals surface area contributed by atoms with Crippen molar-refractivity contribution < 1.29 is 8.42 Å². The lowest BCUT2D eigenvalue weighted by Gasteiger charge is -2.23. The molecule has 2 aliphatic rings. The van der Waals surface area contributed by atoms with Gasteiger partial charge in [0.25, 0.3) is 0 Å². The Labute approximate surface area is 121 Å². The molecule has 0 heterocycles. The third kappa shape index (κ3) is 2.56. The molecule has 110 valence electrons. The van der Waals surface area contributed by atoms with E-state index >= 15 is 0 Å². The molecule has 0 bridgehead atoms. The third-order valence-corrected chi connectivity index (χ3v) is 6.36. The van der Waals surface area contributed by atoms with Crippen LogP contribution in [0.5, 0.6) is 0 Å². The van der Waals surface area contributed by atoms with Gasteiger partial charge in [-0.3, -0.25) is 0 Å². The molecule has 4 nitrogen and oxygen atoms in total. The Hall–Kier alpha value is -1.07. The molecule has 0 amide bonds. The number of rotatable bonds is 5. The molecule has 3 rings (SSSR count). The van der Waals surface area contributed by atoms with Crippen LogP contribution in [-0.4, -0.2) is 25.3 Å². The summed E-state index contributed by atoms with van der Waals surface area (Å²) in [5.41, 5.74) is 8.13. The molecule has 2 aliphatic carbocycles. The largest absolute Gasteiger partial charge is 0.399 e. The van der Waals surface area contributed by atoms with Gasteiger partial charge in [-0.25, -0.2) is 8.42 Å². The first-order valence-electron chi connectivity index (χ1n) is 7.28. The standard InChI is InChI=1S/C15H22N2O2S/c1-10-7-13(16)8-15(11(10)2)20(18,19)17(14-5-6-14)9-12-3-4-12/h7-8,12,14H,3-6,9,16H2,1-2H3. The van der Waals surface area contributed by atoms with Gasteiger partial charge in [0.2, 0.25) is 10.0 Å².